The molecule has 3 nitrogen and oxygen atoms in total. The Bertz CT molecular complexity index is 408. The van der Waals surface area contributed by atoms with Crippen molar-refractivity contribution in [1.82, 2.24) is 9.78 Å². The normalized spacial score (nSPS) is 20.8. The molecule has 1 saturated carbocycles. The van der Waals surface area contributed by atoms with Gasteiger partial charge in [0, 0.05) is 13.5 Å². The van der Waals surface area contributed by atoms with E-state index in [-0.39, 0.29) is 11.5 Å². The fraction of sp³-hybridized carbons (Fsp3) is 0.769. The van der Waals surface area contributed by atoms with Crippen molar-refractivity contribution >= 4 is 11.6 Å². The van der Waals surface area contributed by atoms with E-state index in [0.29, 0.717) is 11.4 Å². The maximum Gasteiger partial charge on any atom is 0.0847 e. The lowest BCUT2D eigenvalue weighted by atomic mass is 9.80. The Kier molecular flexibility index (Phi) is 3.50. The molecule has 17 heavy (non-hydrogen) atoms. The molecule has 1 aromatic heterocycles. The van der Waals surface area contributed by atoms with Gasteiger partial charge in [-0.2, -0.15) is 5.10 Å². The molecule has 1 atom stereocenters. The van der Waals surface area contributed by atoms with Gasteiger partial charge in [-0.25, -0.2) is 0 Å². The molecular weight excluding hydrogens is 236 g/mol. The SMILES string of the molecule is Cc1nn(C)c(CC(O)C2(C)CCCC2)c1Cl. The van der Waals surface area contributed by atoms with Crippen LogP contribution in [-0.2, 0) is 13.5 Å². The molecule has 1 heterocycles. The van der Waals surface area contributed by atoms with Gasteiger partial charge in [-0.3, -0.25) is 4.68 Å². The molecule has 0 bridgehead atoms. The first-order valence-electron chi connectivity index (χ1n) is 6.30. The van der Waals surface area contributed by atoms with Crippen LogP contribution in [0.4, 0.5) is 0 Å². The summed E-state index contributed by atoms with van der Waals surface area (Å²) in [6, 6.07) is 0. The van der Waals surface area contributed by atoms with Crippen molar-refractivity contribution in [3.05, 3.63) is 16.4 Å². The van der Waals surface area contributed by atoms with E-state index in [9.17, 15) is 5.11 Å². The topological polar surface area (TPSA) is 38.0 Å². The zero-order valence-electron chi connectivity index (χ0n) is 10.8. The largest absolute Gasteiger partial charge is 0.392 e. The Hall–Kier alpha value is -0.540. The molecule has 4 heteroatoms. The number of aliphatic hydroxyl groups is 1. The second kappa shape index (κ2) is 4.62. The third kappa shape index (κ3) is 2.36. The molecule has 96 valence electrons. The molecule has 0 radical (unpaired) electrons. The van der Waals surface area contributed by atoms with Crippen LogP contribution in [0.3, 0.4) is 0 Å². The summed E-state index contributed by atoms with van der Waals surface area (Å²) in [4.78, 5) is 0. The van der Waals surface area contributed by atoms with Gasteiger partial charge < -0.3 is 5.11 Å². The Labute approximate surface area is 108 Å². The zero-order valence-corrected chi connectivity index (χ0v) is 11.6. The molecule has 1 fully saturated rings. The fourth-order valence-electron chi connectivity index (χ4n) is 2.85. The molecule has 1 aromatic rings. The van der Waals surface area contributed by atoms with Gasteiger partial charge in [0.1, 0.15) is 0 Å². The highest BCUT2D eigenvalue weighted by molar-refractivity contribution is 6.31. The smallest absolute Gasteiger partial charge is 0.0847 e. The van der Waals surface area contributed by atoms with Crippen LogP contribution in [0.5, 0.6) is 0 Å². The van der Waals surface area contributed by atoms with E-state index in [1.807, 2.05) is 14.0 Å². The molecule has 1 aliphatic carbocycles. The van der Waals surface area contributed by atoms with Gasteiger partial charge in [0.25, 0.3) is 0 Å². The highest BCUT2D eigenvalue weighted by Crippen LogP contribution is 2.41. The van der Waals surface area contributed by atoms with E-state index in [1.165, 1.54) is 12.8 Å². The van der Waals surface area contributed by atoms with E-state index in [4.69, 9.17) is 11.6 Å². The zero-order chi connectivity index (χ0) is 12.6. The molecule has 0 spiro atoms. The standard InChI is InChI=1S/C13H21ClN2O/c1-9-12(14)10(16(3)15-9)8-11(17)13(2)6-4-5-7-13/h11,17H,4-8H2,1-3H3. The average Bonchev–Trinajstić information content (AvgIpc) is 2.80. The van der Waals surface area contributed by atoms with Crippen molar-refractivity contribution < 1.29 is 5.11 Å². The molecule has 1 aliphatic rings. The number of rotatable bonds is 3. The molecule has 0 aromatic carbocycles. The maximum atomic E-state index is 10.4. The van der Waals surface area contributed by atoms with Crippen LogP contribution in [0.25, 0.3) is 0 Å². The maximum absolute atomic E-state index is 10.4. The van der Waals surface area contributed by atoms with Gasteiger partial charge in [-0.1, -0.05) is 31.4 Å². The van der Waals surface area contributed by atoms with E-state index in [0.717, 1.165) is 24.2 Å². The third-order valence-corrected chi connectivity index (χ3v) is 4.69. The summed E-state index contributed by atoms with van der Waals surface area (Å²) < 4.78 is 1.79. The lowest BCUT2D eigenvalue weighted by Crippen LogP contribution is -2.32. The van der Waals surface area contributed by atoms with E-state index < -0.39 is 0 Å². The van der Waals surface area contributed by atoms with E-state index in [1.54, 1.807) is 4.68 Å². The van der Waals surface area contributed by atoms with Crippen LogP contribution >= 0.6 is 11.6 Å². The van der Waals surface area contributed by atoms with Gasteiger partial charge in [0.05, 0.1) is 22.5 Å². The highest BCUT2D eigenvalue weighted by atomic mass is 35.5. The number of hydrogen-bond acceptors (Lipinski definition) is 2. The number of halogens is 1. The number of nitrogens with zero attached hydrogens (tertiary/aromatic N) is 2. The monoisotopic (exact) mass is 256 g/mol. The molecule has 1 N–H and O–H groups in total. The van der Waals surface area contributed by atoms with Crippen molar-refractivity contribution in [2.75, 3.05) is 0 Å². The second-order valence-corrected chi connectivity index (χ2v) is 5.93. The molecule has 1 unspecified atom stereocenters. The number of aliphatic hydroxyl groups excluding tert-OH is 1. The van der Waals surface area contributed by atoms with Crippen LogP contribution in [0, 0.1) is 12.3 Å². The van der Waals surface area contributed by atoms with Crippen molar-refractivity contribution in [2.45, 2.75) is 52.1 Å². The van der Waals surface area contributed by atoms with Crippen LogP contribution in [-0.4, -0.2) is 21.0 Å². The fourth-order valence-corrected chi connectivity index (χ4v) is 3.08. The Morgan fingerprint density at radius 3 is 2.53 bits per heavy atom. The average molecular weight is 257 g/mol. The predicted molar refractivity (Wildman–Crippen MR) is 69.2 cm³/mol. The summed E-state index contributed by atoms with van der Waals surface area (Å²) in [6.07, 6.45) is 4.97. The van der Waals surface area contributed by atoms with Crippen molar-refractivity contribution in [1.29, 1.82) is 0 Å². The van der Waals surface area contributed by atoms with Gasteiger partial charge in [0.2, 0.25) is 0 Å². The number of aryl methyl sites for hydroxylation is 2. The molecule has 0 saturated heterocycles. The second-order valence-electron chi connectivity index (χ2n) is 5.55. The minimum absolute atomic E-state index is 0.0570. The Morgan fingerprint density at radius 2 is 2.06 bits per heavy atom. The molecule has 0 amide bonds. The van der Waals surface area contributed by atoms with Crippen molar-refractivity contribution in [2.24, 2.45) is 12.5 Å². The first-order chi connectivity index (χ1) is 7.94. The number of hydrogen-bond donors (Lipinski definition) is 1. The van der Waals surface area contributed by atoms with Crippen molar-refractivity contribution in [3.8, 4) is 0 Å². The lowest BCUT2D eigenvalue weighted by Gasteiger charge is -2.30. The lowest BCUT2D eigenvalue weighted by molar-refractivity contribution is 0.0409. The summed E-state index contributed by atoms with van der Waals surface area (Å²) in [7, 11) is 1.89. The Balaban J connectivity index is 2.15. The quantitative estimate of drug-likeness (QED) is 0.903. The third-order valence-electron chi connectivity index (χ3n) is 4.20. The van der Waals surface area contributed by atoms with Gasteiger partial charge in [-0.05, 0) is 25.2 Å². The highest BCUT2D eigenvalue weighted by Gasteiger charge is 2.36. The van der Waals surface area contributed by atoms with Crippen molar-refractivity contribution in [3.63, 3.8) is 0 Å². The summed E-state index contributed by atoms with van der Waals surface area (Å²) in [6.45, 7) is 4.08. The predicted octanol–water partition coefficient (Wildman–Crippen LogP) is 2.87. The minimum atomic E-state index is -0.322. The minimum Gasteiger partial charge on any atom is -0.392 e. The van der Waals surface area contributed by atoms with Crippen LogP contribution in [0.1, 0.15) is 44.0 Å². The van der Waals surface area contributed by atoms with E-state index in [2.05, 4.69) is 12.0 Å². The van der Waals surface area contributed by atoms with Gasteiger partial charge >= 0.3 is 0 Å². The van der Waals surface area contributed by atoms with Gasteiger partial charge in [0.15, 0.2) is 0 Å². The first kappa shape index (κ1) is 12.9. The Morgan fingerprint density at radius 1 is 1.47 bits per heavy atom. The summed E-state index contributed by atoms with van der Waals surface area (Å²) in [5.74, 6) is 0. The van der Waals surface area contributed by atoms with Crippen LogP contribution in [0.15, 0.2) is 0 Å². The molecule has 0 aliphatic heterocycles. The van der Waals surface area contributed by atoms with E-state index >= 15 is 0 Å². The summed E-state index contributed by atoms with van der Waals surface area (Å²) >= 11 is 6.22. The number of aromatic nitrogens is 2. The molecular formula is C13H21ClN2O. The summed E-state index contributed by atoms with van der Waals surface area (Å²) in [5.41, 5.74) is 1.85. The van der Waals surface area contributed by atoms with Gasteiger partial charge in [-0.15, -0.1) is 0 Å². The van der Waals surface area contributed by atoms with Crippen LogP contribution in [0.2, 0.25) is 5.02 Å². The molecule has 2 rings (SSSR count). The first-order valence-corrected chi connectivity index (χ1v) is 6.68. The summed E-state index contributed by atoms with van der Waals surface area (Å²) in [5, 5.41) is 15.4. The van der Waals surface area contributed by atoms with Crippen LogP contribution < -0.4 is 0 Å².